The van der Waals surface area contributed by atoms with E-state index in [4.69, 9.17) is 11.5 Å². The van der Waals surface area contributed by atoms with E-state index < -0.39 is 0 Å². The minimum absolute atomic E-state index is 0.475. The molecule has 1 heterocycles. The van der Waals surface area contributed by atoms with Crippen molar-refractivity contribution in [1.82, 2.24) is 9.78 Å². The second-order valence-corrected chi connectivity index (χ2v) is 3.27. The Kier molecular flexibility index (Phi) is 2.80. The molecule has 0 unspecified atom stereocenters. The van der Waals surface area contributed by atoms with E-state index >= 15 is 0 Å². The molecule has 0 saturated carbocycles. The predicted octanol–water partition coefficient (Wildman–Crippen LogP) is 0.790. The Morgan fingerprint density at radius 3 is 2.60 bits per heavy atom. The first kappa shape index (κ1) is 9.89. The molecule has 0 spiro atoms. The van der Waals surface area contributed by atoms with Crippen LogP contribution in [0.15, 0.2) is 36.7 Å². The highest BCUT2D eigenvalue weighted by Crippen LogP contribution is 2.17. The Hall–Kier alpha value is -1.65. The molecule has 0 saturated heterocycles. The Morgan fingerprint density at radius 2 is 2.00 bits per heavy atom. The van der Waals surface area contributed by atoms with Crippen molar-refractivity contribution in [3.8, 4) is 5.69 Å². The largest absolute Gasteiger partial charge is 0.326 e. The first-order valence-electron chi connectivity index (χ1n) is 4.87. The van der Waals surface area contributed by atoms with Crippen LogP contribution in [0.3, 0.4) is 0 Å². The van der Waals surface area contributed by atoms with Crippen LogP contribution in [0.4, 0.5) is 0 Å². The lowest BCUT2D eigenvalue weighted by Crippen LogP contribution is -2.10. The molecule has 0 fully saturated rings. The Labute approximate surface area is 88.5 Å². The van der Waals surface area contributed by atoms with Crippen LogP contribution in [-0.4, -0.2) is 9.78 Å². The number of hydrogen-bond acceptors (Lipinski definition) is 3. The average molecular weight is 202 g/mol. The fourth-order valence-corrected chi connectivity index (χ4v) is 1.67. The van der Waals surface area contributed by atoms with Gasteiger partial charge in [0.1, 0.15) is 0 Å². The van der Waals surface area contributed by atoms with Crippen molar-refractivity contribution < 1.29 is 0 Å². The van der Waals surface area contributed by atoms with Crippen molar-refractivity contribution in [2.75, 3.05) is 0 Å². The van der Waals surface area contributed by atoms with Gasteiger partial charge in [-0.3, -0.25) is 0 Å². The van der Waals surface area contributed by atoms with Crippen LogP contribution in [0.25, 0.3) is 5.69 Å². The minimum atomic E-state index is 0.475. The number of nitrogens with two attached hydrogens (primary N) is 2. The van der Waals surface area contributed by atoms with Gasteiger partial charge in [-0.05, 0) is 23.3 Å². The van der Waals surface area contributed by atoms with Crippen LogP contribution in [-0.2, 0) is 13.1 Å². The Bertz CT molecular complexity index is 434. The van der Waals surface area contributed by atoms with E-state index in [1.54, 1.807) is 10.9 Å². The number of rotatable bonds is 3. The van der Waals surface area contributed by atoms with Crippen LogP contribution >= 0.6 is 0 Å². The second-order valence-electron chi connectivity index (χ2n) is 3.27. The summed E-state index contributed by atoms with van der Waals surface area (Å²) in [6, 6.07) is 7.84. The minimum Gasteiger partial charge on any atom is -0.326 e. The maximum Gasteiger partial charge on any atom is 0.0693 e. The highest BCUT2D eigenvalue weighted by Gasteiger charge is 2.07. The number of hydrogen-bond donors (Lipinski definition) is 2. The summed E-state index contributed by atoms with van der Waals surface area (Å²) in [5.74, 6) is 0. The fraction of sp³-hybridized carbons (Fsp3) is 0.182. The van der Waals surface area contributed by atoms with Crippen LogP contribution in [0.1, 0.15) is 11.1 Å². The van der Waals surface area contributed by atoms with Crippen LogP contribution in [0.2, 0.25) is 0 Å². The number of aromatic nitrogens is 2. The average Bonchev–Trinajstić information content (AvgIpc) is 2.81. The summed E-state index contributed by atoms with van der Waals surface area (Å²) in [6.45, 7) is 0.976. The van der Waals surface area contributed by atoms with Gasteiger partial charge in [0.2, 0.25) is 0 Å². The lowest BCUT2D eigenvalue weighted by molar-refractivity contribution is 0.847. The molecule has 2 aromatic rings. The Balaban J connectivity index is 2.56. The van der Waals surface area contributed by atoms with Crippen molar-refractivity contribution >= 4 is 0 Å². The summed E-state index contributed by atoms with van der Waals surface area (Å²) < 4.78 is 1.81. The summed E-state index contributed by atoms with van der Waals surface area (Å²) in [5.41, 5.74) is 14.5. The van der Waals surface area contributed by atoms with Crippen molar-refractivity contribution in [3.05, 3.63) is 47.8 Å². The van der Waals surface area contributed by atoms with Crippen molar-refractivity contribution in [1.29, 1.82) is 0 Å². The molecule has 0 bridgehead atoms. The summed E-state index contributed by atoms with van der Waals surface area (Å²) in [4.78, 5) is 0. The highest BCUT2D eigenvalue weighted by molar-refractivity contribution is 5.45. The lowest BCUT2D eigenvalue weighted by Gasteiger charge is -2.11. The van der Waals surface area contributed by atoms with Crippen LogP contribution in [0.5, 0.6) is 0 Å². The smallest absolute Gasteiger partial charge is 0.0693 e. The molecule has 0 radical (unpaired) electrons. The molecule has 0 aliphatic heterocycles. The van der Waals surface area contributed by atoms with Gasteiger partial charge in [0, 0.05) is 25.5 Å². The molecule has 1 aromatic carbocycles. The van der Waals surface area contributed by atoms with Gasteiger partial charge in [0.25, 0.3) is 0 Å². The highest BCUT2D eigenvalue weighted by atomic mass is 15.3. The zero-order valence-electron chi connectivity index (χ0n) is 8.43. The van der Waals surface area contributed by atoms with Gasteiger partial charge in [-0.1, -0.05) is 12.1 Å². The maximum absolute atomic E-state index is 5.74. The topological polar surface area (TPSA) is 69.9 Å². The molecular weight excluding hydrogens is 188 g/mol. The molecule has 0 amide bonds. The van der Waals surface area contributed by atoms with Gasteiger partial charge in [0.15, 0.2) is 0 Å². The van der Waals surface area contributed by atoms with E-state index in [0.29, 0.717) is 13.1 Å². The van der Waals surface area contributed by atoms with Gasteiger partial charge < -0.3 is 11.5 Å². The first-order valence-corrected chi connectivity index (χ1v) is 4.87. The standard InChI is InChI=1S/C11H14N4/c12-7-9-3-1-4-11(10(9)8-13)15-6-2-5-14-15/h1-6H,7-8,12-13H2. The summed E-state index contributed by atoms with van der Waals surface area (Å²) in [5, 5.41) is 4.19. The lowest BCUT2D eigenvalue weighted by atomic mass is 10.1. The number of nitrogens with zero attached hydrogens (tertiary/aromatic N) is 2. The predicted molar refractivity (Wildman–Crippen MR) is 59.3 cm³/mol. The zero-order valence-corrected chi connectivity index (χ0v) is 8.43. The summed E-state index contributed by atoms with van der Waals surface area (Å²) in [7, 11) is 0. The van der Waals surface area contributed by atoms with E-state index in [1.807, 2.05) is 30.5 Å². The third-order valence-electron chi connectivity index (χ3n) is 2.42. The van der Waals surface area contributed by atoms with Gasteiger partial charge in [0.05, 0.1) is 5.69 Å². The molecule has 0 aliphatic carbocycles. The quantitative estimate of drug-likeness (QED) is 0.773. The molecule has 78 valence electrons. The molecule has 4 N–H and O–H groups in total. The zero-order chi connectivity index (χ0) is 10.7. The molecule has 0 aliphatic rings. The summed E-state index contributed by atoms with van der Waals surface area (Å²) >= 11 is 0. The fourth-order valence-electron chi connectivity index (χ4n) is 1.67. The molecule has 4 heteroatoms. The first-order chi connectivity index (χ1) is 7.36. The monoisotopic (exact) mass is 202 g/mol. The van der Waals surface area contributed by atoms with Crippen LogP contribution in [0, 0.1) is 0 Å². The molecule has 4 nitrogen and oxygen atoms in total. The normalized spacial score (nSPS) is 10.5. The number of benzene rings is 1. The maximum atomic E-state index is 5.74. The van der Waals surface area contributed by atoms with E-state index in [0.717, 1.165) is 16.8 Å². The van der Waals surface area contributed by atoms with Gasteiger partial charge in [-0.25, -0.2) is 4.68 Å². The van der Waals surface area contributed by atoms with Crippen molar-refractivity contribution in [2.45, 2.75) is 13.1 Å². The molecule has 0 atom stereocenters. The van der Waals surface area contributed by atoms with E-state index in [1.165, 1.54) is 0 Å². The SMILES string of the molecule is NCc1cccc(-n2cccn2)c1CN. The third kappa shape index (κ3) is 1.77. The van der Waals surface area contributed by atoms with Gasteiger partial charge in [-0.15, -0.1) is 0 Å². The van der Waals surface area contributed by atoms with Crippen molar-refractivity contribution in [3.63, 3.8) is 0 Å². The molecular formula is C11H14N4. The second kappa shape index (κ2) is 4.25. The van der Waals surface area contributed by atoms with Gasteiger partial charge in [-0.2, -0.15) is 5.10 Å². The third-order valence-corrected chi connectivity index (χ3v) is 2.42. The van der Waals surface area contributed by atoms with Crippen LogP contribution < -0.4 is 11.5 Å². The summed E-state index contributed by atoms with van der Waals surface area (Å²) in [6.07, 6.45) is 3.64. The molecule has 1 aromatic heterocycles. The van der Waals surface area contributed by atoms with Crippen molar-refractivity contribution in [2.24, 2.45) is 11.5 Å². The van der Waals surface area contributed by atoms with E-state index in [-0.39, 0.29) is 0 Å². The van der Waals surface area contributed by atoms with Gasteiger partial charge >= 0.3 is 0 Å². The van der Waals surface area contributed by atoms with E-state index in [2.05, 4.69) is 5.10 Å². The van der Waals surface area contributed by atoms with E-state index in [9.17, 15) is 0 Å². The Morgan fingerprint density at radius 1 is 1.13 bits per heavy atom. The molecule has 2 rings (SSSR count). The molecule has 15 heavy (non-hydrogen) atoms.